The van der Waals surface area contributed by atoms with Crippen LogP contribution in [0.2, 0.25) is 5.02 Å². The Morgan fingerprint density at radius 3 is 2.61 bits per heavy atom. The molecular formula is C10H13ClN2O4S. The fraction of sp³-hybridized carbons (Fsp3) is 0.300. The summed E-state index contributed by atoms with van der Waals surface area (Å²) in [6, 6.07) is 4.95. The van der Waals surface area contributed by atoms with E-state index in [-0.39, 0.29) is 23.1 Å². The minimum atomic E-state index is -3.98. The van der Waals surface area contributed by atoms with E-state index in [0.29, 0.717) is 6.42 Å². The number of amides is 2. The number of carbonyl (C=O) groups is 1. The highest BCUT2D eigenvalue weighted by atomic mass is 35.5. The molecule has 18 heavy (non-hydrogen) atoms. The summed E-state index contributed by atoms with van der Waals surface area (Å²) in [4.78, 5) is 11.1. The normalized spacial score (nSPS) is 11.0. The van der Waals surface area contributed by atoms with E-state index in [4.69, 9.17) is 16.7 Å². The Bertz CT molecular complexity index is 518. The number of benzene rings is 1. The zero-order valence-electron chi connectivity index (χ0n) is 9.39. The van der Waals surface area contributed by atoms with Crippen molar-refractivity contribution in [3.8, 4) is 0 Å². The molecular weight excluding hydrogens is 280 g/mol. The van der Waals surface area contributed by atoms with Gasteiger partial charge in [-0.15, -0.1) is 0 Å². The van der Waals surface area contributed by atoms with Crippen LogP contribution >= 0.6 is 11.6 Å². The molecule has 0 unspecified atom stereocenters. The van der Waals surface area contributed by atoms with Gasteiger partial charge >= 0.3 is 6.03 Å². The molecule has 0 aliphatic rings. The van der Waals surface area contributed by atoms with Gasteiger partial charge in [0.25, 0.3) is 10.0 Å². The summed E-state index contributed by atoms with van der Waals surface area (Å²) < 4.78 is 25.4. The minimum absolute atomic E-state index is 0.0353. The molecule has 0 bridgehead atoms. The van der Waals surface area contributed by atoms with E-state index in [1.807, 2.05) is 4.72 Å². The van der Waals surface area contributed by atoms with Gasteiger partial charge in [-0.3, -0.25) is 0 Å². The number of rotatable bonds is 5. The van der Waals surface area contributed by atoms with E-state index in [1.165, 1.54) is 18.2 Å². The van der Waals surface area contributed by atoms with Crippen LogP contribution in [-0.4, -0.2) is 32.7 Å². The summed E-state index contributed by atoms with van der Waals surface area (Å²) in [7, 11) is -3.98. The summed E-state index contributed by atoms with van der Waals surface area (Å²) in [6.45, 7) is 0.0952. The van der Waals surface area contributed by atoms with Gasteiger partial charge in [0.05, 0.1) is 5.02 Å². The summed E-state index contributed by atoms with van der Waals surface area (Å²) in [5, 5.41) is 10.9. The van der Waals surface area contributed by atoms with Gasteiger partial charge < -0.3 is 10.4 Å². The van der Waals surface area contributed by atoms with Crippen molar-refractivity contribution in [2.75, 3.05) is 13.2 Å². The Labute approximate surface area is 110 Å². The summed E-state index contributed by atoms with van der Waals surface area (Å²) in [6.07, 6.45) is 0.347. The molecule has 8 heteroatoms. The smallest absolute Gasteiger partial charge is 0.328 e. The van der Waals surface area contributed by atoms with Crippen LogP contribution in [0, 0.1) is 0 Å². The van der Waals surface area contributed by atoms with E-state index in [2.05, 4.69) is 5.32 Å². The molecule has 1 aromatic carbocycles. The quantitative estimate of drug-likeness (QED) is 0.697. The van der Waals surface area contributed by atoms with Crippen LogP contribution in [0.1, 0.15) is 6.42 Å². The molecule has 0 heterocycles. The highest BCUT2D eigenvalue weighted by Crippen LogP contribution is 2.19. The first-order valence-electron chi connectivity index (χ1n) is 5.13. The van der Waals surface area contributed by atoms with Gasteiger partial charge in [0, 0.05) is 13.2 Å². The maximum atomic E-state index is 11.8. The van der Waals surface area contributed by atoms with Crippen molar-refractivity contribution in [1.82, 2.24) is 10.0 Å². The van der Waals surface area contributed by atoms with Crippen LogP contribution in [0.25, 0.3) is 0 Å². The number of nitrogens with one attached hydrogen (secondary N) is 2. The summed E-state index contributed by atoms with van der Waals surface area (Å²) in [5.74, 6) is 0. The van der Waals surface area contributed by atoms with Crippen molar-refractivity contribution in [1.29, 1.82) is 0 Å². The van der Waals surface area contributed by atoms with Gasteiger partial charge in [-0.1, -0.05) is 23.7 Å². The lowest BCUT2D eigenvalue weighted by Crippen LogP contribution is -2.40. The predicted molar refractivity (Wildman–Crippen MR) is 66.9 cm³/mol. The summed E-state index contributed by atoms with van der Waals surface area (Å²) in [5.41, 5.74) is 0. The Morgan fingerprint density at radius 1 is 1.33 bits per heavy atom. The second-order valence-corrected chi connectivity index (χ2v) is 5.43. The van der Waals surface area contributed by atoms with E-state index in [1.54, 1.807) is 6.07 Å². The first-order chi connectivity index (χ1) is 8.47. The molecule has 0 saturated carbocycles. The molecule has 0 atom stereocenters. The van der Waals surface area contributed by atoms with Gasteiger partial charge in [-0.25, -0.2) is 17.9 Å². The number of sulfonamides is 1. The molecule has 1 rings (SSSR count). The molecule has 0 spiro atoms. The zero-order valence-corrected chi connectivity index (χ0v) is 11.0. The van der Waals surface area contributed by atoms with E-state index in [9.17, 15) is 13.2 Å². The minimum Gasteiger partial charge on any atom is -0.396 e. The lowest BCUT2D eigenvalue weighted by atomic mass is 10.4. The fourth-order valence-electron chi connectivity index (χ4n) is 1.16. The largest absolute Gasteiger partial charge is 0.396 e. The van der Waals surface area contributed by atoms with Gasteiger partial charge in [0.1, 0.15) is 4.90 Å². The Kier molecular flexibility index (Phi) is 5.39. The second-order valence-electron chi connectivity index (χ2n) is 3.37. The number of aliphatic hydroxyl groups is 1. The molecule has 3 N–H and O–H groups in total. The number of hydrogen-bond acceptors (Lipinski definition) is 4. The molecule has 0 saturated heterocycles. The van der Waals surface area contributed by atoms with Crippen LogP contribution in [0.15, 0.2) is 29.2 Å². The molecule has 2 amide bonds. The van der Waals surface area contributed by atoms with Crippen LogP contribution in [0.4, 0.5) is 4.79 Å². The van der Waals surface area contributed by atoms with E-state index in [0.717, 1.165) is 0 Å². The summed E-state index contributed by atoms with van der Waals surface area (Å²) >= 11 is 5.74. The zero-order chi connectivity index (χ0) is 13.6. The van der Waals surface area contributed by atoms with Crippen LogP contribution < -0.4 is 10.0 Å². The average molecular weight is 293 g/mol. The van der Waals surface area contributed by atoms with Crippen LogP contribution in [0.3, 0.4) is 0 Å². The lowest BCUT2D eigenvalue weighted by Gasteiger charge is -2.09. The van der Waals surface area contributed by atoms with Gasteiger partial charge in [-0.05, 0) is 18.6 Å². The van der Waals surface area contributed by atoms with Gasteiger partial charge in [-0.2, -0.15) is 0 Å². The third kappa shape index (κ3) is 4.17. The van der Waals surface area contributed by atoms with Gasteiger partial charge in [0.2, 0.25) is 0 Å². The van der Waals surface area contributed by atoms with Crippen molar-refractivity contribution in [2.24, 2.45) is 0 Å². The molecule has 0 fully saturated rings. The second kappa shape index (κ2) is 6.58. The van der Waals surface area contributed by atoms with E-state index >= 15 is 0 Å². The standard InChI is InChI=1S/C10H13ClN2O4S/c11-8-4-1-2-5-9(8)18(16,17)13-10(15)12-6-3-7-14/h1-2,4-5,14H,3,6-7H2,(H2,12,13,15). The third-order valence-corrected chi connectivity index (χ3v) is 3.80. The third-order valence-electron chi connectivity index (χ3n) is 1.97. The van der Waals surface area contributed by atoms with Crippen LogP contribution in [-0.2, 0) is 10.0 Å². The maximum Gasteiger partial charge on any atom is 0.328 e. The predicted octanol–water partition coefficient (Wildman–Crippen LogP) is 0.710. The number of aliphatic hydroxyl groups excluding tert-OH is 1. The maximum absolute atomic E-state index is 11.8. The Balaban J connectivity index is 2.71. The molecule has 0 aliphatic heterocycles. The van der Waals surface area contributed by atoms with Crippen molar-refractivity contribution < 1.29 is 18.3 Å². The molecule has 100 valence electrons. The molecule has 0 aliphatic carbocycles. The monoisotopic (exact) mass is 292 g/mol. The Hall–Kier alpha value is -1.31. The van der Waals surface area contributed by atoms with Gasteiger partial charge in [0.15, 0.2) is 0 Å². The fourth-order valence-corrected chi connectivity index (χ4v) is 2.61. The highest BCUT2D eigenvalue weighted by Gasteiger charge is 2.19. The molecule has 0 aromatic heterocycles. The number of halogens is 1. The van der Waals surface area contributed by atoms with Crippen LogP contribution in [0.5, 0.6) is 0 Å². The molecule has 6 nitrogen and oxygen atoms in total. The SMILES string of the molecule is O=C(NCCCO)NS(=O)(=O)c1ccccc1Cl. The number of hydrogen-bond donors (Lipinski definition) is 3. The topological polar surface area (TPSA) is 95.5 Å². The lowest BCUT2D eigenvalue weighted by molar-refractivity contribution is 0.243. The van der Waals surface area contributed by atoms with E-state index < -0.39 is 16.1 Å². The average Bonchev–Trinajstić information content (AvgIpc) is 2.29. The highest BCUT2D eigenvalue weighted by molar-refractivity contribution is 7.90. The first-order valence-corrected chi connectivity index (χ1v) is 6.99. The molecule has 0 radical (unpaired) electrons. The molecule has 1 aromatic rings. The van der Waals surface area contributed by atoms with Crippen molar-refractivity contribution in [3.63, 3.8) is 0 Å². The number of urea groups is 1. The number of carbonyl (C=O) groups excluding carboxylic acids is 1. The van der Waals surface area contributed by atoms with Crippen molar-refractivity contribution in [3.05, 3.63) is 29.3 Å². The van der Waals surface area contributed by atoms with Crippen molar-refractivity contribution >= 4 is 27.7 Å². The van der Waals surface area contributed by atoms with Crippen molar-refractivity contribution in [2.45, 2.75) is 11.3 Å². The Morgan fingerprint density at radius 2 is 2.00 bits per heavy atom. The first kappa shape index (κ1) is 14.7.